The molecule has 11 heteroatoms. The van der Waals surface area contributed by atoms with Gasteiger partial charge < -0.3 is 24.2 Å². The highest BCUT2D eigenvalue weighted by atomic mass is 16.7. The molecule has 0 atom stereocenters. The molecular formula is C23H27N3O8. The number of anilines is 1. The van der Waals surface area contributed by atoms with Crippen LogP contribution in [0.2, 0.25) is 0 Å². The smallest absolute Gasteiger partial charge is 0.349 e. The molecule has 1 aromatic heterocycles. The van der Waals surface area contributed by atoms with Gasteiger partial charge in [0.15, 0.2) is 0 Å². The maximum absolute atomic E-state index is 12.4. The van der Waals surface area contributed by atoms with Crippen LogP contribution in [0.25, 0.3) is 11.0 Å². The van der Waals surface area contributed by atoms with E-state index in [4.69, 9.17) is 14.0 Å². The molecule has 1 saturated heterocycles. The SMILES string of the molecule is CCN(CC)c1ccc2cc(C(=O)NCCOCCC(=O)ON3C(=O)CCC3=O)c(=O)oc2c1. The topological polar surface area (TPSA) is 135 Å². The molecule has 0 spiro atoms. The fraction of sp³-hybridized carbons (Fsp3) is 0.435. The summed E-state index contributed by atoms with van der Waals surface area (Å²) in [4.78, 5) is 66.0. The summed E-state index contributed by atoms with van der Waals surface area (Å²) in [6.45, 7) is 5.83. The van der Waals surface area contributed by atoms with Crippen molar-refractivity contribution >= 4 is 40.3 Å². The molecule has 1 aliphatic rings. The predicted molar refractivity (Wildman–Crippen MR) is 121 cm³/mol. The van der Waals surface area contributed by atoms with Gasteiger partial charge >= 0.3 is 11.6 Å². The molecule has 2 aromatic rings. The summed E-state index contributed by atoms with van der Waals surface area (Å²) in [5.74, 6) is -2.47. The Bertz CT molecular complexity index is 1120. The normalized spacial score (nSPS) is 13.4. The van der Waals surface area contributed by atoms with Crippen LogP contribution in [-0.2, 0) is 24.0 Å². The highest BCUT2D eigenvalue weighted by Crippen LogP contribution is 2.22. The maximum atomic E-state index is 12.4. The fourth-order valence-corrected chi connectivity index (χ4v) is 3.44. The molecule has 34 heavy (non-hydrogen) atoms. The highest BCUT2D eigenvalue weighted by Gasteiger charge is 2.32. The lowest BCUT2D eigenvalue weighted by molar-refractivity contribution is -0.198. The van der Waals surface area contributed by atoms with Gasteiger partial charge in [0.05, 0.1) is 19.6 Å². The zero-order chi connectivity index (χ0) is 24.7. The van der Waals surface area contributed by atoms with Crippen LogP contribution in [0.3, 0.4) is 0 Å². The summed E-state index contributed by atoms with van der Waals surface area (Å²) in [7, 11) is 0. The third-order valence-electron chi connectivity index (χ3n) is 5.27. The van der Waals surface area contributed by atoms with E-state index in [2.05, 4.69) is 10.2 Å². The number of fused-ring (bicyclic) bond motifs is 1. The van der Waals surface area contributed by atoms with Gasteiger partial charge in [-0.15, -0.1) is 5.06 Å². The summed E-state index contributed by atoms with van der Waals surface area (Å²) in [5.41, 5.74) is 0.471. The highest BCUT2D eigenvalue weighted by molar-refractivity contribution is 6.01. The first kappa shape index (κ1) is 24.9. The lowest BCUT2D eigenvalue weighted by atomic mass is 10.1. The van der Waals surface area contributed by atoms with Gasteiger partial charge in [-0.2, -0.15) is 0 Å². The molecule has 0 radical (unpaired) electrons. The number of amides is 3. The van der Waals surface area contributed by atoms with Crippen molar-refractivity contribution in [3.63, 3.8) is 0 Å². The lowest BCUT2D eigenvalue weighted by Gasteiger charge is -2.21. The van der Waals surface area contributed by atoms with Gasteiger partial charge in [-0.1, -0.05) is 0 Å². The number of carbonyl (C=O) groups excluding carboxylic acids is 4. The van der Waals surface area contributed by atoms with Gasteiger partial charge in [0.2, 0.25) is 0 Å². The van der Waals surface area contributed by atoms with Crippen molar-refractivity contribution in [1.82, 2.24) is 10.4 Å². The van der Waals surface area contributed by atoms with Crippen molar-refractivity contribution in [2.75, 3.05) is 37.7 Å². The Kier molecular flexibility index (Phi) is 8.36. The Labute approximate surface area is 195 Å². The maximum Gasteiger partial charge on any atom is 0.349 e. The summed E-state index contributed by atoms with van der Waals surface area (Å²) in [5, 5.41) is 3.67. The van der Waals surface area contributed by atoms with E-state index < -0.39 is 29.3 Å². The number of imide groups is 1. The summed E-state index contributed by atoms with van der Waals surface area (Å²) in [6.07, 6.45) is -0.126. The van der Waals surface area contributed by atoms with Crippen LogP contribution in [-0.4, -0.2) is 61.6 Å². The first-order valence-electron chi connectivity index (χ1n) is 11.1. The number of rotatable bonds is 11. The van der Waals surface area contributed by atoms with Gasteiger partial charge in [0.25, 0.3) is 17.7 Å². The van der Waals surface area contributed by atoms with Crippen LogP contribution in [0.4, 0.5) is 5.69 Å². The van der Waals surface area contributed by atoms with Crippen molar-refractivity contribution in [3.8, 4) is 0 Å². The van der Waals surface area contributed by atoms with Crippen LogP contribution >= 0.6 is 0 Å². The Morgan fingerprint density at radius 1 is 1.06 bits per heavy atom. The second-order valence-corrected chi connectivity index (χ2v) is 7.51. The van der Waals surface area contributed by atoms with Gasteiger partial charge in [-0.05, 0) is 32.0 Å². The van der Waals surface area contributed by atoms with E-state index >= 15 is 0 Å². The molecule has 0 saturated carbocycles. The second kappa shape index (κ2) is 11.4. The minimum absolute atomic E-state index is 0.0230. The first-order valence-corrected chi connectivity index (χ1v) is 11.1. The van der Waals surface area contributed by atoms with Gasteiger partial charge in [-0.25, -0.2) is 9.59 Å². The average Bonchev–Trinajstić information content (AvgIpc) is 3.13. The molecule has 1 aromatic carbocycles. The number of hydroxylamine groups is 2. The number of nitrogens with one attached hydrogen (secondary N) is 1. The van der Waals surface area contributed by atoms with Crippen LogP contribution in [0.15, 0.2) is 33.5 Å². The number of nitrogens with zero attached hydrogens (tertiary/aromatic N) is 2. The minimum Gasteiger partial charge on any atom is -0.422 e. The fourth-order valence-electron chi connectivity index (χ4n) is 3.44. The lowest BCUT2D eigenvalue weighted by Crippen LogP contribution is -2.32. The standard InChI is InChI=1S/C23H27N3O8/c1-3-25(4-2)16-6-5-15-13-17(23(31)33-18(15)14-16)22(30)24-10-12-32-11-9-21(29)34-26-19(27)7-8-20(26)28/h5-6,13-14H,3-4,7-12H2,1-2H3,(H,24,30). The van der Waals surface area contributed by atoms with Crippen molar-refractivity contribution in [1.29, 1.82) is 0 Å². The number of ether oxygens (including phenoxy) is 1. The molecular weight excluding hydrogens is 446 g/mol. The van der Waals surface area contributed by atoms with Gasteiger partial charge in [0, 0.05) is 49.6 Å². The van der Waals surface area contributed by atoms with E-state index in [9.17, 15) is 24.0 Å². The zero-order valence-corrected chi connectivity index (χ0v) is 19.1. The van der Waals surface area contributed by atoms with Gasteiger partial charge in [-0.3, -0.25) is 14.4 Å². The molecule has 0 aliphatic carbocycles. The molecule has 11 nitrogen and oxygen atoms in total. The molecule has 3 rings (SSSR count). The van der Waals surface area contributed by atoms with Crippen LogP contribution in [0, 0.1) is 0 Å². The van der Waals surface area contributed by atoms with E-state index in [1.807, 2.05) is 19.9 Å². The molecule has 3 amide bonds. The summed E-state index contributed by atoms with van der Waals surface area (Å²) in [6, 6.07) is 6.97. The van der Waals surface area contributed by atoms with Crippen LogP contribution in [0.5, 0.6) is 0 Å². The number of carbonyl (C=O) groups is 4. The van der Waals surface area contributed by atoms with Crippen molar-refractivity contribution in [3.05, 3.63) is 40.2 Å². The number of benzene rings is 1. The van der Waals surface area contributed by atoms with E-state index in [1.54, 1.807) is 12.1 Å². The Hall–Kier alpha value is -3.73. The van der Waals surface area contributed by atoms with Gasteiger partial charge in [0.1, 0.15) is 11.1 Å². The Balaban J connectivity index is 1.45. The van der Waals surface area contributed by atoms with E-state index in [0.29, 0.717) is 16.0 Å². The van der Waals surface area contributed by atoms with E-state index in [1.165, 1.54) is 6.07 Å². The first-order chi connectivity index (χ1) is 16.3. The average molecular weight is 473 g/mol. The minimum atomic E-state index is -0.773. The Morgan fingerprint density at radius 3 is 2.44 bits per heavy atom. The summed E-state index contributed by atoms with van der Waals surface area (Å²) >= 11 is 0. The largest absolute Gasteiger partial charge is 0.422 e. The number of hydrogen-bond acceptors (Lipinski definition) is 9. The molecule has 1 aliphatic heterocycles. The molecule has 0 unspecified atom stereocenters. The van der Waals surface area contributed by atoms with Crippen molar-refractivity contribution < 1.29 is 33.2 Å². The Morgan fingerprint density at radius 2 is 1.76 bits per heavy atom. The molecule has 182 valence electrons. The van der Waals surface area contributed by atoms with E-state index in [-0.39, 0.29) is 44.6 Å². The van der Waals surface area contributed by atoms with Crippen molar-refractivity contribution in [2.45, 2.75) is 33.1 Å². The van der Waals surface area contributed by atoms with Crippen LogP contribution < -0.4 is 15.8 Å². The molecule has 1 N–H and O–H groups in total. The van der Waals surface area contributed by atoms with Crippen molar-refractivity contribution in [2.24, 2.45) is 0 Å². The third-order valence-corrected chi connectivity index (χ3v) is 5.27. The monoisotopic (exact) mass is 473 g/mol. The quantitative estimate of drug-likeness (QED) is 0.292. The molecule has 0 bridgehead atoms. The van der Waals surface area contributed by atoms with Crippen LogP contribution in [0.1, 0.15) is 43.5 Å². The third kappa shape index (κ3) is 5.98. The summed E-state index contributed by atoms with van der Waals surface area (Å²) < 4.78 is 10.6. The molecule has 1 fully saturated rings. The zero-order valence-electron chi connectivity index (χ0n) is 19.1. The predicted octanol–water partition coefficient (Wildman–Crippen LogP) is 1.38. The second-order valence-electron chi connectivity index (χ2n) is 7.51. The van der Waals surface area contributed by atoms with E-state index in [0.717, 1.165) is 18.8 Å². The molecule has 2 heterocycles. The number of hydrogen-bond donors (Lipinski definition) is 1.